The molecule has 0 saturated carbocycles. The molecule has 1 aromatic rings. The SMILES string of the molecule is CCOC(=O)CCCc1ccc(SN)cn1. The summed E-state index contributed by atoms with van der Waals surface area (Å²) >= 11 is 1.18. The number of hydrogen-bond acceptors (Lipinski definition) is 5. The predicted octanol–water partition coefficient (Wildman–Crippen LogP) is 1.93. The van der Waals surface area contributed by atoms with Crippen molar-refractivity contribution in [3.8, 4) is 0 Å². The van der Waals surface area contributed by atoms with Crippen molar-refractivity contribution in [1.29, 1.82) is 0 Å². The molecule has 0 bridgehead atoms. The van der Waals surface area contributed by atoms with E-state index in [9.17, 15) is 4.79 Å². The molecule has 16 heavy (non-hydrogen) atoms. The summed E-state index contributed by atoms with van der Waals surface area (Å²) in [6, 6.07) is 3.86. The molecule has 2 N–H and O–H groups in total. The first kappa shape index (κ1) is 13.0. The lowest BCUT2D eigenvalue weighted by Crippen LogP contribution is -2.04. The maximum Gasteiger partial charge on any atom is 0.305 e. The minimum Gasteiger partial charge on any atom is -0.466 e. The van der Waals surface area contributed by atoms with Crippen molar-refractivity contribution in [2.24, 2.45) is 5.14 Å². The molecule has 0 saturated heterocycles. The summed E-state index contributed by atoms with van der Waals surface area (Å²) < 4.78 is 4.84. The average Bonchev–Trinajstić information content (AvgIpc) is 2.30. The highest BCUT2D eigenvalue weighted by Crippen LogP contribution is 2.11. The lowest BCUT2D eigenvalue weighted by molar-refractivity contribution is -0.143. The van der Waals surface area contributed by atoms with E-state index in [1.807, 2.05) is 19.1 Å². The van der Waals surface area contributed by atoms with Gasteiger partial charge < -0.3 is 4.74 Å². The largest absolute Gasteiger partial charge is 0.466 e. The van der Waals surface area contributed by atoms with Crippen LogP contribution in [0.1, 0.15) is 25.5 Å². The van der Waals surface area contributed by atoms with Crippen LogP contribution in [0, 0.1) is 0 Å². The number of pyridine rings is 1. The minimum absolute atomic E-state index is 0.142. The average molecular weight is 240 g/mol. The number of nitrogens with two attached hydrogens (primary N) is 1. The highest BCUT2D eigenvalue weighted by Gasteiger charge is 2.02. The summed E-state index contributed by atoms with van der Waals surface area (Å²) in [6.45, 7) is 2.25. The van der Waals surface area contributed by atoms with Gasteiger partial charge in [0.25, 0.3) is 0 Å². The number of hydrogen-bond donors (Lipinski definition) is 1. The van der Waals surface area contributed by atoms with Crippen LogP contribution in [0.15, 0.2) is 23.2 Å². The molecule has 0 radical (unpaired) electrons. The van der Waals surface area contributed by atoms with E-state index in [-0.39, 0.29) is 5.97 Å². The molecule has 4 nitrogen and oxygen atoms in total. The van der Waals surface area contributed by atoms with Gasteiger partial charge in [-0.25, -0.2) is 0 Å². The second-order valence-corrected chi connectivity index (χ2v) is 3.97. The molecule has 0 aliphatic rings. The van der Waals surface area contributed by atoms with Crippen molar-refractivity contribution in [3.63, 3.8) is 0 Å². The van der Waals surface area contributed by atoms with Crippen molar-refractivity contribution in [2.45, 2.75) is 31.1 Å². The van der Waals surface area contributed by atoms with Gasteiger partial charge in [-0.05, 0) is 43.8 Å². The highest BCUT2D eigenvalue weighted by atomic mass is 32.2. The molecule has 0 aliphatic carbocycles. The third-order valence-corrected chi connectivity index (χ3v) is 2.57. The molecule has 1 aromatic heterocycles. The van der Waals surface area contributed by atoms with Crippen molar-refractivity contribution in [3.05, 3.63) is 24.0 Å². The maximum absolute atomic E-state index is 11.1. The summed E-state index contributed by atoms with van der Waals surface area (Å²) in [7, 11) is 0. The Morgan fingerprint density at radius 3 is 2.94 bits per heavy atom. The van der Waals surface area contributed by atoms with Crippen molar-refractivity contribution in [1.82, 2.24) is 4.98 Å². The fourth-order valence-corrected chi connectivity index (χ4v) is 1.54. The number of esters is 1. The van der Waals surface area contributed by atoms with Gasteiger partial charge in [0, 0.05) is 23.2 Å². The van der Waals surface area contributed by atoms with E-state index in [1.54, 1.807) is 6.20 Å². The Kier molecular flexibility index (Phi) is 5.88. The standard InChI is InChI=1S/C11H16N2O2S/c1-2-15-11(14)5-3-4-9-6-7-10(16-12)8-13-9/h6-8H,2-5,12H2,1H3. The van der Waals surface area contributed by atoms with E-state index in [2.05, 4.69) is 4.98 Å². The zero-order valence-electron chi connectivity index (χ0n) is 9.31. The van der Waals surface area contributed by atoms with Crippen LogP contribution in [0.25, 0.3) is 0 Å². The highest BCUT2D eigenvalue weighted by molar-refractivity contribution is 7.97. The molecule has 1 rings (SSSR count). The Labute approximate surface area is 99.7 Å². The van der Waals surface area contributed by atoms with Crippen LogP contribution in [0.4, 0.5) is 0 Å². The van der Waals surface area contributed by atoms with Gasteiger partial charge in [0.05, 0.1) is 6.61 Å². The molecule has 0 fully saturated rings. The second-order valence-electron chi connectivity index (χ2n) is 3.26. The van der Waals surface area contributed by atoms with E-state index in [1.165, 1.54) is 11.9 Å². The molecule has 0 aromatic carbocycles. The summed E-state index contributed by atoms with van der Waals surface area (Å²) in [5.41, 5.74) is 0.974. The third-order valence-electron chi connectivity index (χ3n) is 2.05. The van der Waals surface area contributed by atoms with Crippen LogP contribution in [-0.4, -0.2) is 17.6 Å². The number of rotatable bonds is 6. The van der Waals surface area contributed by atoms with Crippen LogP contribution in [0.3, 0.4) is 0 Å². The van der Waals surface area contributed by atoms with Gasteiger partial charge in [0.2, 0.25) is 0 Å². The number of carbonyl (C=O) groups excluding carboxylic acids is 1. The number of nitrogens with zero attached hydrogens (tertiary/aromatic N) is 1. The second kappa shape index (κ2) is 7.24. The van der Waals surface area contributed by atoms with E-state index >= 15 is 0 Å². The Morgan fingerprint density at radius 2 is 2.38 bits per heavy atom. The minimum atomic E-state index is -0.142. The number of carbonyl (C=O) groups is 1. The lowest BCUT2D eigenvalue weighted by Gasteiger charge is -2.02. The van der Waals surface area contributed by atoms with Crippen LogP contribution in [0.5, 0.6) is 0 Å². The van der Waals surface area contributed by atoms with Gasteiger partial charge in [-0.3, -0.25) is 14.9 Å². The number of aryl methyl sites for hydroxylation is 1. The van der Waals surface area contributed by atoms with Gasteiger partial charge in [-0.2, -0.15) is 0 Å². The molecular formula is C11H16N2O2S. The van der Waals surface area contributed by atoms with E-state index in [0.717, 1.165) is 23.4 Å². The fourth-order valence-electron chi connectivity index (χ4n) is 1.28. The first-order valence-corrected chi connectivity index (χ1v) is 6.11. The van der Waals surface area contributed by atoms with Gasteiger partial charge in [-0.15, -0.1) is 0 Å². The Hall–Kier alpha value is -1.07. The quantitative estimate of drug-likeness (QED) is 0.608. The Morgan fingerprint density at radius 1 is 1.56 bits per heavy atom. The van der Waals surface area contributed by atoms with Crippen LogP contribution in [-0.2, 0) is 16.0 Å². The number of ether oxygens (including phenoxy) is 1. The van der Waals surface area contributed by atoms with Gasteiger partial charge in [0.1, 0.15) is 0 Å². The molecule has 0 atom stereocenters. The molecule has 88 valence electrons. The fraction of sp³-hybridized carbons (Fsp3) is 0.455. The maximum atomic E-state index is 11.1. The van der Waals surface area contributed by atoms with Gasteiger partial charge in [0.15, 0.2) is 0 Å². The first-order valence-electron chi connectivity index (χ1n) is 5.23. The van der Waals surface area contributed by atoms with Gasteiger partial charge >= 0.3 is 5.97 Å². The monoisotopic (exact) mass is 240 g/mol. The smallest absolute Gasteiger partial charge is 0.305 e. The van der Waals surface area contributed by atoms with Crippen LogP contribution in [0.2, 0.25) is 0 Å². The lowest BCUT2D eigenvalue weighted by atomic mass is 10.2. The van der Waals surface area contributed by atoms with Gasteiger partial charge in [-0.1, -0.05) is 0 Å². The summed E-state index contributed by atoms with van der Waals surface area (Å²) in [4.78, 5) is 16.2. The third kappa shape index (κ3) is 4.63. The summed E-state index contributed by atoms with van der Waals surface area (Å²) in [5, 5.41) is 5.39. The summed E-state index contributed by atoms with van der Waals surface area (Å²) in [6.07, 6.45) is 3.74. The van der Waals surface area contributed by atoms with E-state index in [4.69, 9.17) is 9.88 Å². The Bertz CT molecular complexity index is 327. The molecular weight excluding hydrogens is 224 g/mol. The zero-order chi connectivity index (χ0) is 11.8. The molecule has 0 spiro atoms. The molecule has 5 heteroatoms. The van der Waals surface area contributed by atoms with Crippen LogP contribution < -0.4 is 5.14 Å². The normalized spacial score (nSPS) is 10.1. The van der Waals surface area contributed by atoms with Crippen molar-refractivity contribution < 1.29 is 9.53 Å². The topological polar surface area (TPSA) is 65.2 Å². The molecule has 0 amide bonds. The zero-order valence-corrected chi connectivity index (χ0v) is 10.1. The molecule has 0 aliphatic heterocycles. The van der Waals surface area contributed by atoms with Crippen molar-refractivity contribution in [2.75, 3.05) is 6.61 Å². The molecule has 1 heterocycles. The van der Waals surface area contributed by atoms with Crippen LogP contribution >= 0.6 is 11.9 Å². The van der Waals surface area contributed by atoms with E-state index < -0.39 is 0 Å². The van der Waals surface area contributed by atoms with E-state index in [0.29, 0.717) is 13.0 Å². The molecule has 0 unspecified atom stereocenters. The summed E-state index contributed by atoms with van der Waals surface area (Å²) in [5.74, 6) is -0.142. The Balaban J connectivity index is 2.29. The van der Waals surface area contributed by atoms with Crippen molar-refractivity contribution >= 4 is 17.9 Å². The predicted molar refractivity (Wildman–Crippen MR) is 63.9 cm³/mol. The number of aromatic nitrogens is 1. The first-order chi connectivity index (χ1) is 7.76.